The molecule has 2 aromatic heterocycles. The van der Waals surface area contributed by atoms with Gasteiger partial charge in [0, 0.05) is 5.69 Å². The van der Waals surface area contributed by atoms with Crippen LogP contribution in [0.15, 0.2) is 18.2 Å². The summed E-state index contributed by atoms with van der Waals surface area (Å²) < 4.78 is 2.09. The lowest BCUT2D eigenvalue weighted by atomic mass is 10.1. The molecular weight excluding hydrogens is 250 g/mol. The third kappa shape index (κ3) is 2.58. The molecule has 3 rings (SSSR count). The highest BCUT2D eigenvalue weighted by Gasteiger charge is 2.23. The van der Waals surface area contributed by atoms with Crippen molar-refractivity contribution in [2.75, 3.05) is 20.1 Å². The van der Waals surface area contributed by atoms with Crippen LogP contribution in [0.3, 0.4) is 0 Å². The van der Waals surface area contributed by atoms with E-state index in [2.05, 4.69) is 31.7 Å². The van der Waals surface area contributed by atoms with Gasteiger partial charge in [0.05, 0.1) is 6.04 Å². The second-order valence-corrected chi connectivity index (χ2v) is 5.63. The van der Waals surface area contributed by atoms with Crippen LogP contribution in [0, 0.1) is 13.8 Å². The number of hydrogen-bond donors (Lipinski definition) is 0. The van der Waals surface area contributed by atoms with Crippen LogP contribution in [0.1, 0.15) is 30.4 Å². The lowest BCUT2D eigenvalue weighted by molar-refractivity contribution is 0.213. The van der Waals surface area contributed by atoms with E-state index in [-0.39, 0.29) is 0 Å². The maximum atomic E-state index is 4.61. The predicted octanol–water partition coefficient (Wildman–Crippen LogP) is 2.22. The molecule has 1 fully saturated rings. The molecule has 0 bridgehead atoms. The monoisotopic (exact) mass is 271 g/mol. The fourth-order valence-corrected chi connectivity index (χ4v) is 2.77. The van der Waals surface area contributed by atoms with Crippen molar-refractivity contribution in [2.45, 2.75) is 32.7 Å². The molecule has 20 heavy (non-hydrogen) atoms. The van der Waals surface area contributed by atoms with Crippen LogP contribution < -0.4 is 0 Å². The van der Waals surface area contributed by atoms with Crippen LogP contribution in [0.5, 0.6) is 0 Å². The minimum Gasteiger partial charge on any atom is -0.306 e. The van der Waals surface area contributed by atoms with Gasteiger partial charge in [0.15, 0.2) is 5.82 Å². The summed E-state index contributed by atoms with van der Waals surface area (Å²) in [5.74, 6) is 1.72. The Morgan fingerprint density at radius 1 is 1.10 bits per heavy atom. The molecule has 1 aliphatic rings. The van der Waals surface area contributed by atoms with Crippen molar-refractivity contribution in [1.82, 2.24) is 24.6 Å². The number of rotatable bonds is 2. The normalized spacial score (nSPS) is 17.6. The molecule has 2 aromatic rings. The van der Waals surface area contributed by atoms with Crippen molar-refractivity contribution < 1.29 is 0 Å². The van der Waals surface area contributed by atoms with Crippen LogP contribution >= 0.6 is 0 Å². The second-order valence-electron chi connectivity index (χ2n) is 5.63. The Balaban J connectivity index is 1.96. The summed E-state index contributed by atoms with van der Waals surface area (Å²) in [5, 5.41) is 4.61. The molecule has 1 saturated heterocycles. The number of pyridine rings is 1. The fraction of sp³-hybridized carbons (Fsp3) is 0.533. The Hall–Kier alpha value is -1.75. The first-order valence-electron chi connectivity index (χ1n) is 7.19. The maximum absolute atomic E-state index is 4.61. The van der Waals surface area contributed by atoms with E-state index in [1.807, 2.05) is 32.0 Å². The van der Waals surface area contributed by atoms with Gasteiger partial charge in [-0.3, -0.25) is 0 Å². The topological polar surface area (TPSA) is 46.8 Å². The highest BCUT2D eigenvalue weighted by Crippen LogP contribution is 2.26. The molecule has 0 amide bonds. The number of nitrogens with zero attached hydrogens (tertiary/aromatic N) is 5. The molecule has 5 heteroatoms. The molecule has 0 aliphatic carbocycles. The van der Waals surface area contributed by atoms with Crippen molar-refractivity contribution in [3.05, 3.63) is 29.7 Å². The first-order chi connectivity index (χ1) is 9.63. The van der Waals surface area contributed by atoms with Gasteiger partial charge in [-0.25, -0.2) is 14.6 Å². The van der Waals surface area contributed by atoms with Crippen molar-refractivity contribution in [3.63, 3.8) is 0 Å². The average Bonchev–Trinajstić information content (AvgIpc) is 2.82. The van der Waals surface area contributed by atoms with Gasteiger partial charge >= 0.3 is 0 Å². The molecular formula is C15H21N5. The van der Waals surface area contributed by atoms with E-state index >= 15 is 0 Å². The smallest absolute Gasteiger partial charge is 0.177 e. The van der Waals surface area contributed by atoms with Gasteiger partial charge in [-0.15, -0.1) is 0 Å². The molecule has 0 N–H and O–H groups in total. The number of piperidine rings is 1. The highest BCUT2D eigenvalue weighted by molar-refractivity contribution is 5.49. The van der Waals surface area contributed by atoms with E-state index in [1.54, 1.807) is 0 Å². The molecule has 0 radical (unpaired) electrons. The number of aryl methyl sites for hydroxylation is 2. The summed E-state index contributed by atoms with van der Waals surface area (Å²) in [4.78, 5) is 11.6. The Labute approximate surface area is 119 Å². The van der Waals surface area contributed by atoms with Crippen LogP contribution in [-0.2, 0) is 0 Å². The minimum absolute atomic E-state index is 0.435. The van der Waals surface area contributed by atoms with Crippen LogP contribution in [-0.4, -0.2) is 44.8 Å². The summed E-state index contributed by atoms with van der Waals surface area (Å²) in [6, 6.07) is 6.49. The zero-order valence-electron chi connectivity index (χ0n) is 12.4. The van der Waals surface area contributed by atoms with Crippen LogP contribution in [0.4, 0.5) is 0 Å². The van der Waals surface area contributed by atoms with Crippen molar-refractivity contribution in [1.29, 1.82) is 0 Å². The van der Waals surface area contributed by atoms with Gasteiger partial charge in [0.25, 0.3) is 0 Å². The third-order valence-electron chi connectivity index (χ3n) is 3.89. The van der Waals surface area contributed by atoms with Crippen molar-refractivity contribution >= 4 is 0 Å². The Morgan fingerprint density at radius 3 is 2.55 bits per heavy atom. The quantitative estimate of drug-likeness (QED) is 0.840. The standard InChI is InChI=1S/C15H21N5/c1-11-5-4-6-14(16-11)15-17-12(2)18-20(15)13-7-9-19(3)10-8-13/h4-6,13H,7-10H2,1-3H3. The largest absolute Gasteiger partial charge is 0.306 e. The van der Waals surface area contributed by atoms with Crippen molar-refractivity contribution in [2.24, 2.45) is 0 Å². The summed E-state index contributed by atoms with van der Waals surface area (Å²) in [5.41, 5.74) is 1.93. The van der Waals surface area contributed by atoms with E-state index in [1.165, 1.54) is 0 Å². The summed E-state index contributed by atoms with van der Waals surface area (Å²) in [7, 11) is 2.17. The third-order valence-corrected chi connectivity index (χ3v) is 3.89. The summed E-state index contributed by atoms with van der Waals surface area (Å²) in [6.07, 6.45) is 2.25. The first kappa shape index (κ1) is 13.2. The molecule has 1 aliphatic heterocycles. The van der Waals surface area contributed by atoms with Crippen molar-refractivity contribution in [3.8, 4) is 11.5 Å². The highest BCUT2D eigenvalue weighted by atomic mass is 15.4. The second kappa shape index (κ2) is 5.32. The van der Waals surface area contributed by atoms with Crippen LogP contribution in [0.25, 0.3) is 11.5 Å². The van der Waals surface area contributed by atoms with Gasteiger partial charge in [-0.1, -0.05) is 6.07 Å². The zero-order valence-corrected chi connectivity index (χ0v) is 12.4. The number of likely N-dealkylation sites (tertiary alicyclic amines) is 1. The van der Waals surface area contributed by atoms with Gasteiger partial charge in [-0.2, -0.15) is 5.10 Å². The zero-order chi connectivity index (χ0) is 14.1. The van der Waals surface area contributed by atoms with E-state index in [4.69, 9.17) is 0 Å². The first-order valence-corrected chi connectivity index (χ1v) is 7.19. The molecule has 5 nitrogen and oxygen atoms in total. The number of aromatic nitrogens is 4. The number of hydrogen-bond acceptors (Lipinski definition) is 4. The predicted molar refractivity (Wildman–Crippen MR) is 78.5 cm³/mol. The fourth-order valence-electron chi connectivity index (χ4n) is 2.77. The molecule has 106 valence electrons. The molecule has 0 unspecified atom stereocenters. The maximum Gasteiger partial charge on any atom is 0.177 e. The summed E-state index contributed by atoms with van der Waals surface area (Å²) >= 11 is 0. The van der Waals surface area contributed by atoms with E-state index < -0.39 is 0 Å². The minimum atomic E-state index is 0.435. The molecule has 0 aromatic carbocycles. The SMILES string of the molecule is Cc1cccc(-c2nc(C)nn2C2CCN(C)CC2)n1. The lowest BCUT2D eigenvalue weighted by Gasteiger charge is -2.29. The van der Waals surface area contributed by atoms with Gasteiger partial charge in [0.2, 0.25) is 0 Å². The van der Waals surface area contributed by atoms with E-state index in [0.29, 0.717) is 6.04 Å². The van der Waals surface area contributed by atoms with Crippen LogP contribution in [0.2, 0.25) is 0 Å². The summed E-state index contributed by atoms with van der Waals surface area (Å²) in [6.45, 7) is 6.19. The van der Waals surface area contributed by atoms with E-state index in [9.17, 15) is 0 Å². The van der Waals surface area contributed by atoms with Gasteiger partial charge < -0.3 is 4.90 Å². The molecule has 0 atom stereocenters. The average molecular weight is 271 g/mol. The lowest BCUT2D eigenvalue weighted by Crippen LogP contribution is -2.32. The van der Waals surface area contributed by atoms with Gasteiger partial charge in [0.1, 0.15) is 11.5 Å². The Morgan fingerprint density at radius 2 is 1.85 bits per heavy atom. The molecule has 3 heterocycles. The van der Waals surface area contributed by atoms with E-state index in [0.717, 1.165) is 49.0 Å². The molecule has 0 saturated carbocycles. The molecule has 0 spiro atoms. The Bertz CT molecular complexity index is 596. The van der Waals surface area contributed by atoms with Gasteiger partial charge in [-0.05, 0) is 59.0 Å². The Kier molecular flexibility index (Phi) is 3.53.